The van der Waals surface area contributed by atoms with E-state index in [4.69, 9.17) is 0 Å². The van der Waals surface area contributed by atoms with Gasteiger partial charge >= 0.3 is 0 Å². The van der Waals surface area contributed by atoms with Crippen LogP contribution in [0.1, 0.15) is 32.6 Å². The van der Waals surface area contributed by atoms with Gasteiger partial charge in [-0.15, -0.1) is 0 Å². The molecular weight excluding hydrogens is 358 g/mol. The minimum absolute atomic E-state index is 0.0142. The van der Waals surface area contributed by atoms with Crippen LogP contribution in [0.5, 0.6) is 0 Å². The third kappa shape index (κ3) is 3.80. The highest BCUT2D eigenvalue weighted by Crippen LogP contribution is 2.23. The molecule has 1 amide bonds. The summed E-state index contributed by atoms with van der Waals surface area (Å²) in [6.07, 6.45) is 5.78. The lowest BCUT2D eigenvalue weighted by Gasteiger charge is -2.26. The predicted molar refractivity (Wildman–Crippen MR) is 93.3 cm³/mol. The van der Waals surface area contributed by atoms with E-state index in [2.05, 4.69) is 33.2 Å². The van der Waals surface area contributed by atoms with Gasteiger partial charge in [0.2, 0.25) is 5.91 Å². The first-order valence-electron chi connectivity index (χ1n) is 7.97. The number of nitrogens with zero attached hydrogens (tertiary/aromatic N) is 2. The van der Waals surface area contributed by atoms with Crippen molar-refractivity contribution in [1.82, 2.24) is 14.9 Å². The summed E-state index contributed by atoms with van der Waals surface area (Å²) < 4.78 is 2.19. The molecule has 0 aliphatic heterocycles. The SMILES string of the molecule is CC1CCC(NC(=O)Cn2cnc3ccc(Br)cc3c2=O)CC1. The van der Waals surface area contributed by atoms with E-state index in [-0.39, 0.29) is 24.1 Å². The van der Waals surface area contributed by atoms with E-state index in [1.54, 1.807) is 12.1 Å². The zero-order chi connectivity index (χ0) is 16.4. The monoisotopic (exact) mass is 377 g/mol. The lowest BCUT2D eigenvalue weighted by molar-refractivity contribution is -0.122. The standard InChI is InChI=1S/C17H20BrN3O2/c1-11-2-5-13(6-3-11)20-16(22)9-21-10-19-15-7-4-12(18)8-14(15)17(21)23/h4,7-8,10-11,13H,2-3,5-6,9H2,1H3,(H,20,22). The fourth-order valence-corrected chi connectivity index (χ4v) is 3.44. The molecule has 6 heteroatoms. The van der Waals surface area contributed by atoms with E-state index in [0.717, 1.165) is 36.1 Å². The van der Waals surface area contributed by atoms with Gasteiger partial charge in [0.25, 0.3) is 5.56 Å². The Kier molecular flexibility index (Phi) is 4.80. The maximum atomic E-state index is 12.5. The third-order valence-electron chi connectivity index (χ3n) is 4.48. The topological polar surface area (TPSA) is 64.0 Å². The number of hydrogen-bond acceptors (Lipinski definition) is 3. The Hall–Kier alpha value is -1.69. The molecule has 1 aromatic heterocycles. The van der Waals surface area contributed by atoms with Crippen LogP contribution < -0.4 is 10.9 Å². The summed E-state index contributed by atoms with van der Waals surface area (Å²) in [5.74, 6) is 0.622. The van der Waals surface area contributed by atoms with Gasteiger partial charge in [-0.2, -0.15) is 0 Å². The van der Waals surface area contributed by atoms with Crippen molar-refractivity contribution in [3.63, 3.8) is 0 Å². The Labute approximate surface area is 143 Å². The van der Waals surface area contributed by atoms with Crippen LogP contribution in [0.4, 0.5) is 0 Å². The third-order valence-corrected chi connectivity index (χ3v) is 4.97. The van der Waals surface area contributed by atoms with Crippen molar-refractivity contribution >= 4 is 32.7 Å². The van der Waals surface area contributed by atoms with E-state index >= 15 is 0 Å². The van der Waals surface area contributed by atoms with Crippen LogP contribution in [0.25, 0.3) is 10.9 Å². The van der Waals surface area contributed by atoms with Gasteiger partial charge in [0.15, 0.2) is 0 Å². The Balaban J connectivity index is 1.72. The van der Waals surface area contributed by atoms with Crippen LogP contribution in [0, 0.1) is 5.92 Å². The lowest BCUT2D eigenvalue weighted by atomic mass is 9.87. The number of hydrogen-bond donors (Lipinski definition) is 1. The maximum Gasteiger partial charge on any atom is 0.261 e. The summed E-state index contributed by atoms with van der Waals surface area (Å²) in [7, 11) is 0. The van der Waals surface area contributed by atoms with Crippen LogP contribution in [-0.2, 0) is 11.3 Å². The normalized spacial score (nSPS) is 21.3. The average Bonchev–Trinajstić information content (AvgIpc) is 2.53. The average molecular weight is 378 g/mol. The predicted octanol–water partition coefficient (Wildman–Crippen LogP) is 2.85. The molecular formula is C17H20BrN3O2. The molecule has 0 radical (unpaired) electrons. The number of amides is 1. The molecule has 1 aliphatic carbocycles. The van der Waals surface area contributed by atoms with E-state index in [1.165, 1.54) is 10.9 Å². The molecule has 0 saturated heterocycles. The smallest absolute Gasteiger partial charge is 0.261 e. The Morgan fingerprint density at radius 3 is 2.83 bits per heavy atom. The number of carbonyl (C=O) groups excluding carboxylic acids is 1. The highest BCUT2D eigenvalue weighted by molar-refractivity contribution is 9.10. The number of rotatable bonds is 3. The zero-order valence-corrected chi connectivity index (χ0v) is 14.7. The Morgan fingerprint density at radius 2 is 2.09 bits per heavy atom. The largest absolute Gasteiger partial charge is 0.352 e. The summed E-state index contributed by atoms with van der Waals surface area (Å²) >= 11 is 3.36. The van der Waals surface area contributed by atoms with Crippen molar-refractivity contribution in [2.24, 2.45) is 5.92 Å². The van der Waals surface area contributed by atoms with E-state index in [1.807, 2.05) is 6.07 Å². The minimum Gasteiger partial charge on any atom is -0.352 e. The van der Waals surface area contributed by atoms with Crippen molar-refractivity contribution in [2.45, 2.75) is 45.2 Å². The summed E-state index contributed by atoms with van der Waals surface area (Å²) in [5, 5.41) is 3.55. The number of halogens is 1. The Morgan fingerprint density at radius 1 is 1.35 bits per heavy atom. The second-order valence-electron chi connectivity index (χ2n) is 6.36. The summed E-state index contributed by atoms with van der Waals surface area (Å²) in [5.41, 5.74) is 0.444. The molecule has 1 heterocycles. The molecule has 1 N–H and O–H groups in total. The van der Waals surface area contributed by atoms with E-state index in [0.29, 0.717) is 10.9 Å². The summed E-state index contributed by atoms with van der Waals surface area (Å²) in [4.78, 5) is 28.9. The van der Waals surface area contributed by atoms with Crippen LogP contribution in [0.15, 0.2) is 33.8 Å². The van der Waals surface area contributed by atoms with Crippen LogP contribution in [0.3, 0.4) is 0 Å². The number of aromatic nitrogens is 2. The molecule has 122 valence electrons. The van der Waals surface area contributed by atoms with Crippen molar-refractivity contribution in [1.29, 1.82) is 0 Å². The first kappa shape index (κ1) is 16.2. The van der Waals surface area contributed by atoms with Crippen LogP contribution in [0.2, 0.25) is 0 Å². The van der Waals surface area contributed by atoms with Crippen LogP contribution in [-0.4, -0.2) is 21.5 Å². The molecule has 1 aromatic carbocycles. The second-order valence-corrected chi connectivity index (χ2v) is 7.28. The highest BCUT2D eigenvalue weighted by atomic mass is 79.9. The van der Waals surface area contributed by atoms with E-state index < -0.39 is 0 Å². The number of fused-ring (bicyclic) bond motifs is 1. The van der Waals surface area contributed by atoms with Gasteiger partial charge in [-0.05, 0) is 49.8 Å². The van der Waals surface area contributed by atoms with Gasteiger partial charge in [0, 0.05) is 10.5 Å². The molecule has 0 spiro atoms. The molecule has 1 fully saturated rings. The van der Waals surface area contributed by atoms with Crippen molar-refractivity contribution < 1.29 is 4.79 Å². The molecule has 1 saturated carbocycles. The highest BCUT2D eigenvalue weighted by Gasteiger charge is 2.20. The van der Waals surface area contributed by atoms with Crippen molar-refractivity contribution in [2.75, 3.05) is 0 Å². The number of nitrogens with one attached hydrogen (secondary N) is 1. The fraction of sp³-hybridized carbons (Fsp3) is 0.471. The minimum atomic E-state index is -0.191. The summed E-state index contributed by atoms with van der Waals surface area (Å²) in [6, 6.07) is 5.60. The van der Waals surface area contributed by atoms with Gasteiger partial charge < -0.3 is 5.32 Å². The van der Waals surface area contributed by atoms with Gasteiger partial charge in [-0.1, -0.05) is 22.9 Å². The molecule has 0 atom stereocenters. The molecule has 23 heavy (non-hydrogen) atoms. The summed E-state index contributed by atoms with van der Waals surface area (Å²) in [6.45, 7) is 2.26. The molecule has 5 nitrogen and oxygen atoms in total. The number of carbonyl (C=O) groups is 1. The molecule has 3 rings (SSSR count). The zero-order valence-electron chi connectivity index (χ0n) is 13.1. The van der Waals surface area contributed by atoms with Gasteiger partial charge in [-0.3, -0.25) is 14.2 Å². The first-order valence-corrected chi connectivity index (χ1v) is 8.76. The van der Waals surface area contributed by atoms with Gasteiger partial charge in [0.05, 0.1) is 17.2 Å². The van der Waals surface area contributed by atoms with Crippen molar-refractivity contribution in [3.05, 3.63) is 39.4 Å². The van der Waals surface area contributed by atoms with Crippen molar-refractivity contribution in [3.8, 4) is 0 Å². The lowest BCUT2D eigenvalue weighted by Crippen LogP contribution is -2.40. The quantitative estimate of drug-likeness (QED) is 0.894. The molecule has 2 aromatic rings. The number of benzene rings is 1. The Bertz CT molecular complexity index is 779. The maximum absolute atomic E-state index is 12.5. The fourth-order valence-electron chi connectivity index (χ4n) is 3.08. The molecule has 1 aliphatic rings. The molecule has 0 unspecified atom stereocenters. The molecule has 0 bridgehead atoms. The van der Waals surface area contributed by atoms with Crippen LogP contribution >= 0.6 is 15.9 Å². The van der Waals surface area contributed by atoms with E-state index in [9.17, 15) is 9.59 Å². The second kappa shape index (κ2) is 6.83. The van der Waals surface area contributed by atoms with Gasteiger partial charge in [-0.25, -0.2) is 4.98 Å². The van der Waals surface area contributed by atoms with Gasteiger partial charge in [0.1, 0.15) is 6.54 Å². The first-order chi connectivity index (χ1) is 11.0.